The fraction of sp³-hybridized carbons (Fsp3) is 0.333. The highest BCUT2D eigenvalue weighted by atomic mass is 32.2. The van der Waals surface area contributed by atoms with Crippen molar-refractivity contribution in [1.29, 1.82) is 0 Å². The van der Waals surface area contributed by atoms with Gasteiger partial charge in [0.25, 0.3) is 5.91 Å². The van der Waals surface area contributed by atoms with Gasteiger partial charge in [0.2, 0.25) is 0 Å². The summed E-state index contributed by atoms with van der Waals surface area (Å²) in [7, 11) is -2.62. The van der Waals surface area contributed by atoms with E-state index in [-0.39, 0.29) is 17.0 Å². The summed E-state index contributed by atoms with van der Waals surface area (Å²) >= 11 is 0. The summed E-state index contributed by atoms with van der Waals surface area (Å²) in [5.41, 5.74) is 5.71. The second-order valence-corrected chi connectivity index (χ2v) is 5.84. The normalized spacial score (nSPS) is 12.3. The lowest BCUT2D eigenvalue weighted by atomic mass is 10.1. The second-order valence-electron chi connectivity index (χ2n) is 4.26. The van der Waals surface area contributed by atoms with Crippen LogP contribution >= 0.6 is 0 Å². The summed E-state index contributed by atoms with van der Waals surface area (Å²) < 4.78 is 31.6. The Morgan fingerprint density at radius 2 is 1.95 bits per heavy atom. The Hall–Kier alpha value is -2.29. The lowest BCUT2D eigenvalue weighted by Crippen LogP contribution is -2.39. The number of esters is 1. The molecule has 3 N–H and O–H groups in total. The molecule has 8 nitrogen and oxygen atoms in total. The molecule has 0 saturated heterocycles. The Bertz CT molecular complexity index is 656. The Morgan fingerprint density at radius 1 is 1.33 bits per heavy atom. The van der Waals surface area contributed by atoms with Crippen molar-refractivity contribution in [2.75, 3.05) is 19.1 Å². The monoisotopic (exact) mass is 316 g/mol. The summed E-state index contributed by atoms with van der Waals surface area (Å²) in [5.74, 6) is -1.53. The van der Waals surface area contributed by atoms with Gasteiger partial charge in [-0.1, -0.05) is 0 Å². The number of anilines is 1. The maximum Gasteiger partial charge on any atom is 0.328 e. The summed E-state index contributed by atoms with van der Waals surface area (Å²) in [6, 6.07) is 2.99. The maximum atomic E-state index is 12.1. The first-order valence-electron chi connectivity index (χ1n) is 5.81. The standard InChI is InChI=1S/C12H16N2O6S/c1-7(12(16)19-2)14-11(15)9-6-8(13)4-5-10(9)20-21(3,17)18/h4-7H,13H2,1-3H3,(H,14,15). The van der Waals surface area contributed by atoms with Gasteiger partial charge in [0.05, 0.1) is 18.9 Å². The van der Waals surface area contributed by atoms with Gasteiger partial charge in [-0.15, -0.1) is 0 Å². The number of methoxy groups -OCH3 is 1. The molecule has 0 heterocycles. The van der Waals surface area contributed by atoms with Gasteiger partial charge >= 0.3 is 16.1 Å². The zero-order valence-corrected chi connectivity index (χ0v) is 12.6. The molecule has 1 rings (SSSR count). The van der Waals surface area contributed by atoms with E-state index in [1.165, 1.54) is 32.2 Å². The van der Waals surface area contributed by atoms with Gasteiger partial charge < -0.3 is 20.0 Å². The van der Waals surface area contributed by atoms with E-state index >= 15 is 0 Å². The molecule has 0 aromatic heterocycles. The van der Waals surface area contributed by atoms with Crippen molar-refractivity contribution in [3.8, 4) is 5.75 Å². The summed E-state index contributed by atoms with van der Waals surface area (Å²) in [6.45, 7) is 1.42. The molecule has 9 heteroatoms. The number of nitrogen functional groups attached to an aromatic ring is 1. The number of carbonyl (C=O) groups is 2. The van der Waals surface area contributed by atoms with E-state index in [2.05, 4.69) is 10.1 Å². The minimum absolute atomic E-state index is 0.101. The topological polar surface area (TPSA) is 125 Å². The molecule has 21 heavy (non-hydrogen) atoms. The molecule has 1 aromatic carbocycles. The first-order valence-corrected chi connectivity index (χ1v) is 7.63. The highest BCUT2D eigenvalue weighted by Gasteiger charge is 2.21. The van der Waals surface area contributed by atoms with E-state index in [1.54, 1.807) is 0 Å². The van der Waals surface area contributed by atoms with E-state index in [0.29, 0.717) is 0 Å². The van der Waals surface area contributed by atoms with E-state index in [4.69, 9.17) is 9.92 Å². The molecule has 0 spiro atoms. The van der Waals surface area contributed by atoms with Crippen LogP contribution in [0.15, 0.2) is 18.2 Å². The smallest absolute Gasteiger partial charge is 0.328 e. The van der Waals surface area contributed by atoms with Crippen LogP contribution in [0.1, 0.15) is 17.3 Å². The van der Waals surface area contributed by atoms with Crippen LogP contribution in [0.2, 0.25) is 0 Å². The Kier molecular flexibility index (Phi) is 5.14. The Labute approximate surface area is 122 Å². The minimum atomic E-state index is -3.81. The van der Waals surface area contributed by atoms with Gasteiger partial charge in [0.15, 0.2) is 5.75 Å². The molecular weight excluding hydrogens is 300 g/mol. The number of carbonyl (C=O) groups excluding carboxylic acids is 2. The van der Waals surface area contributed by atoms with Crippen LogP contribution in [0.4, 0.5) is 5.69 Å². The van der Waals surface area contributed by atoms with Crippen molar-refractivity contribution in [3.63, 3.8) is 0 Å². The molecule has 0 aliphatic rings. The van der Waals surface area contributed by atoms with Crippen molar-refractivity contribution in [2.24, 2.45) is 0 Å². The largest absolute Gasteiger partial charge is 0.467 e. The summed E-state index contributed by atoms with van der Waals surface area (Å²) in [6.07, 6.45) is 0.849. The van der Waals surface area contributed by atoms with Crippen LogP contribution in [-0.2, 0) is 19.6 Å². The predicted molar refractivity (Wildman–Crippen MR) is 75.3 cm³/mol. The number of hydrogen-bond donors (Lipinski definition) is 2. The van der Waals surface area contributed by atoms with Crippen LogP contribution < -0.4 is 15.2 Å². The fourth-order valence-corrected chi connectivity index (χ4v) is 1.94. The lowest BCUT2D eigenvalue weighted by Gasteiger charge is -2.14. The first kappa shape index (κ1) is 16.8. The van der Waals surface area contributed by atoms with Crippen molar-refractivity contribution in [1.82, 2.24) is 5.32 Å². The van der Waals surface area contributed by atoms with Gasteiger partial charge in [-0.2, -0.15) is 8.42 Å². The number of amides is 1. The predicted octanol–water partition coefficient (Wildman–Crippen LogP) is -0.102. The van der Waals surface area contributed by atoms with E-state index in [0.717, 1.165) is 6.26 Å². The number of hydrogen-bond acceptors (Lipinski definition) is 7. The van der Waals surface area contributed by atoms with E-state index in [1.807, 2.05) is 0 Å². The molecule has 0 bridgehead atoms. The zero-order chi connectivity index (χ0) is 16.2. The van der Waals surface area contributed by atoms with Crippen LogP contribution in [0.25, 0.3) is 0 Å². The van der Waals surface area contributed by atoms with Crippen molar-refractivity contribution < 1.29 is 26.9 Å². The summed E-state index contributed by atoms with van der Waals surface area (Å²) in [5, 5.41) is 2.36. The molecular formula is C12H16N2O6S. The molecule has 1 atom stereocenters. The van der Waals surface area contributed by atoms with Crippen LogP contribution in [-0.4, -0.2) is 39.7 Å². The van der Waals surface area contributed by atoms with Gasteiger partial charge in [0.1, 0.15) is 6.04 Å². The number of nitrogens with two attached hydrogens (primary N) is 1. The minimum Gasteiger partial charge on any atom is -0.467 e. The molecule has 1 unspecified atom stereocenters. The van der Waals surface area contributed by atoms with Gasteiger partial charge in [-0.05, 0) is 25.1 Å². The third-order valence-electron chi connectivity index (χ3n) is 2.39. The third kappa shape index (κ3) is 4.95. The Balaban J connectivity index is 3.07. The Morgan fingerprint density at radius 3 is 2.48 bits per heavy atom. The molecule has 1 amide bonds. The third-order valence-corrected chi connectivity index (χ3v) is 2.87. The van der Waals surface area contributed by atoms with Crippen LogP contribution in [0, 0.1) is 0 Å². The van der Waals surface area contributed by atoms with Gasteiger partial charge in [-0.25, -0.2) is 4.79 Å². The molecule has 116 valence electrons. The average molecular weight is 316 g/mol. The number of ether oxygens (including phenoxy) is 1. The SMILES string of the molecule is COC(=O)C(C)NC(=O)c1cc(N)ccc1OS(C)(=O)=O. The molecule has 0 fully saturated rings. The maximum absolute atomic E-state index is 12.1. The number of rotatable bonds is 5. The van der Waals surface area contributed by atoms with E-state index in [9.17, 15) is 18.0 Å². The van der Waals surface area contributed by atoms with Crippen molar-refractivity contribution in [3.05, 3.63) is 23.8 Å². The molecule has 0 aliphatic heterocycles. The number of benzene rings is 1. The fourth-order valence-electron chi connectivity index (χ4n) is 1.47. The average Bonchev–Trinajstić information content (AvgIpc) is 2.38. The number of nitrogens with one attached hydrogen (secondary N) is 1. The highest BCUT2D eigenvalue weighted by Crippen LogP contribution is 2.22. The quantitative estimate of drug-likeness (QED) is 0.441. The lowest BCUT2D eigenvalue weighted by molar-refractivity contribution is -0.142. The first-order chi connectivity index (χ1) is 9.64. The molecule has 0 radical (unpaired) electrons. The zero-order valence-electron chi connectivity index (χ0n) is 11.7. The second kappa shape index (κ2) is 6.44. The van der Waals surface area contributed by atoms with E-state index < -0.39 is 28.0 Å². The molecule has 1 aromatic rings. The van der Waals surface area contributed by atoms with Crippen LogP contribution in [0.3, 0.4) is 0 Å². The van der Waals surface area contributed by atoms with Crippen molar-refractivity contribution in [2.45, 2.75) is 13.0 Å². The van der Waals surface area contributed by atoms with Crippen LogP contribution in [0.5, 0.6) is 5.75 Å². The van der Waals surface area contributed by atoms with Gasteiger partial charge in [0, 0.05) is 5.69 Å². The highest BCUT2D eigenvalue weighted by molar-refractivity contribution is 7.86. The summed E-state index contributed by atoms with van der Waals surface area (Å²) in [4.78, 5) is 23.4. The molecule has 0 saturated carbocycles. The molecule has 0 aliphatic carbocycles. The van der Waals surface area contributed by atoms with Gasteiger partial charge in [-0.3, -0.25) is 4.79 Å². The van der Waals surface area contributed by atoms with Crippen molar-refractivity contribution >= 4 is 27.7 Å².